The van der Waals surface area contributed by atoms with Gasteiger partial charge in [0.25, 0.3) is 50.6 Å². The van der Waals surface area contributed by atoms with E-state index in [1.807, 2.05) is 24.5 Å². The Morgan fingerprint density at radius 3 is 1.84 bits per heavy atom. The number of allylic oxidation sites excluding steroid dienone is 6. The topological polar surface area (TPSA) is 324 Å². The van der Waals surface area contributed by atoms with Crippen LogP contribution in [0.4, 0.5) is 11.4 Å². The number of anilines is 1. The van der Waals surface area contributed by atoms with Crippen molar-refractivity contribution in [3.8, 4) is 0 Å². The van der Waals surface area contributed by atoms with Gasteiger partial charge in [0.2, 0.25) is 11.6 Å². The first-order valence-electron chi connectivity index (χ1n) is 27.6. The molecular formula is C57H76N3O17S5+. The molecule has 1 amide bonds. The highest BCUT2D eigenvalue weighted by Crippen LogP contribution is 2.54. The van der Waals surface area contributed by atoms with E-state index < -0.39 is 87.6 Å². The number of ketones is 1. The zero-order valence-electron chi connectivity index (χ0n) is 46.7. The molecule has 1 unspecified atom stereocenters. The molecule has 2 aliphatic rings. The summed E-state index contributed by atoms with van der Waals surface area (Å²) < 4.78 is 175. The Balaban J connectivity index is 1.31. The quantitative estimate of drug-likeness (QED) is 0.0115. The summed E-state index contributed by atoms with van der Waals surface area (Å²) in [6.45, 7) is 8.74. The van der Waals surface area contributed by atoms with Gasteiger partial charge in [-0.1, -0.05) is 69.4 Å². The lowest BCUT2D eigenvalue weighted by Crippen LogP contribution is -2.30. The van der Waals surface area contributed by atoms with Gasteiger partial charge >= 0.3 is 0 Å². The van der Waals surface area contributed by atoms with Crippen LogP contribution in [0.1, 0.15) is 148 Å². The average molecular weight is 1240 g/mol. The molecule has 82 heavy (non-hydrogen) atoms. The molecular weight excluding hydrogens is 1160 g/mol. The highest BCUT2D eigenvalue weighted by Gasteiger charge is 2.47. The minimum absolute atomic E-state index is 0.0101. The number of nitrogens with zero attached hydrogens (tertiary/aromatic N) is 2. The molecule has 20 nitrogen and oxygen atoms in total. The first-order valence-corrected chi connectivity index (χ1v) is 35.1. The van der Waals surface area contributed by atoms with Gasteiger partial charge in [-0.3, -0.25) is 32.4 Å². The Bertz CT molecular complexity index is 3780. The van der Waals surface area contributed by atoms with E-state index in [0.717, 1.165) is 57.4 Å². The number of fused-ring (bicyclic) bond motifs is 6. The molecule has 1 atom stereocenters. The van der Waals surface area contributed by atoms with E-state index >= 15 is 0 Å². The third-order valence-electron chi connectivity index (χ3n) is 15.3. The van der Waals surface area contributed by atoms with Crippen LogP contribution < -0.4 is 10.2 Å². The number of benzene rings is 4. The van der Waals surface area contributed by atoms with Crippen molar-refractivity contribution in [3.63, 3.8) is 0 Å². The lowest BCUT2D eigenvalue weighted by molar-refractivity contribution is -0.438. The minimum Gasteiger partial charge on any atom is -0.356 e. The minimum atomic E-state index is -5.02. The number of amides is 1. The number of carbonyl (C=O) groups excluding carboxylic acids is 2. The van der Waals surface area contributed by atoms with Crippen LogP contribution >= 0.6 is 0 Å². The molecule has 0 saturated heterocycles. The second kappa shape index (κ2) is 27.2. The van der Waals surface area contributed by atoms with Gasteiger partial charge in [-0.2, -0.15) is 46.7 Å². The van der Waals surface area contributed by atoms with Gasteiger partial charge in [-0.05, 0) is 136 Å². The van der Waals surface area contributed by atoms with Crippen molar-refractivity contribution in [2.24, 2.45) is 0 Å². The number of Topliss-reactive ketones (excluding diaryl/α,β-unsaturated/α-hetero) is 1. The summed E-state index contributed by atoms with van der Waals surface area (Å²) in [6, 6.07) is 12.5. The number of carbonyl (C=O) groups is 2. The van der Waals surface area contributed by atoms with E-state index in [1.54, 1.807) is 54.3 Å². The molecule has 2 heterocycles. The molecule has 6 N–H and O–H groups in total. The SMILES string of the molecule is CCCCCCNC(=O)CCCCCCC(=O)CCCCC[N+]1=C(C=CC=CC=C2N(CCCS(=O)(=O)O)c3ccc4ccc(S(=O)(=O)O)cc4c3C2(C)CCCS(=O)(=O)O)C(C)(C)c2c1ccc1c(S(=O)(=O)O)cc(S(=O)(=O)O)cc21. The lowest BCUT2D eigenvalue weighted by atomic mass is 9.76. The zero-order valence-corrected chi connectivity index (χ0v) is 50.8. The first-order chi connectivity index (χ1) is 38.3. The summed E-state index contributed by atoms with van der Waals surface area (Å²) in [5.74, 6) is -1.03. The summed E-state index contributed by atoms with van der Waals surface area (Å²) in [7, 11) is -23.6. The van der Waals surface area contributed by atoms with Crippen molar-refractivity contribution in [2.45, 2.75) is 162 Å². The number of unbranched alkanes of at least 4 members (excludes halogenated alkanes) is 8. The molecule has 25 heteroatoms. The molecule has 4 aromatic rings. The Morgan fingerprint density at radius 1 is 0.598 bits per heavy atom. The summed E-state index contributed by atoms with van der Waals surface area (Å²) >= 11 is 0. The van der Waals surface area contributed by atoms with Crippen LogP contribution in [0.3, 0.4) is 0 Å². The number of rotatable bonds is 32. The smallest absolute Gasteiger partial charge is 0.295 e. The van der Waals surface area contributed by atoms with Crippen LogP contribution in [0, 0.1) is 0 Å². The molecule has 2 aliphatic heterocycles. The van der Waals surface area contributed by atoms with Gasteiger partial charge in [0.1, 0.15) is 17.2 Å². The summed E-state index contributed by atoms with van der Waals surface area (Å²) in [4.78, 5) is 25.0. The van der Waals surface area contributed by atoms with Crippen molar-refractivity contribution in [1.29, 1.82) is 0 Å². The van der Waals surface area contributed by atoms with Crippen LogP contribution in [-0.2, 0) is 71.0 Å². The molecule has 0 bridgehead atoms. The van der Waals surface area contributed by atoms with Gasteiger partial charge in [0, 0.05) is 78.7 Å². The highest BCUT2D eigenvalue weighted by molar-refractivity contribution is 7.87. The van der Waals surface area contributed by atoms with E-state index in [9.17, 15) is 74.4 Å². The fourth-order valence-corrected chi connectivity index (χ4v) is 14.3. The van der Waals surface area contributed by atoms with E-state index in [1.165, 1.54) is 24.3 Å². The van der Waals surface area contributed by atoms with Crippen molar-refractivity contribution >= 4 is 101 Å². The Morgan fingerprint density at radius 2 is 1.21 bits per heavy atom. The van der Waals surface area contributed by atoms with Gasteiger partial charge < -0.3 is 10.2 Å². The number of nitrogens with one attached hydrogen (secondary N) is 1. The maximum atomic E-state index is 12.9. The van der Waals surface area contributed by atoms with E-state index in [4.69, 9.17) is 0 Å². The average Bonchev–Trinajstić information content (AvgIpc) is 2.41. The van der Waals surface area contributed by atoms with E-state index in [-0.39, 0.29) is 48.3 Å². The molecule has 450 valence electrons. The van der Waals surface area contributed by atoms with Crippen LogP contribution in [0.15, 0.2) is 105 Å². The van der Waals surface area contributed by atoms with Crippen molar-refractivity contribution in [1.82, 2.24) is 5.32 Å². The molecule has 0 spiro atoms. The molecule has 6 rings (SSSR count). The number of hydrogen-bond acceptors (Lipinski definition) is 13. The largest absolute Gasteiger partial charge is 0.356 e. The maximum absolute atomic E-state index is 12.9. The Hall–Kier alpha value is -5.22. The van der Waals surface area contributed by atoms with Gasteiger partial charge in [0.15, 0.2) is 5.71 Å². The third kappa shape index (κ3) is 17.0. The zero-order chi connectivity index (χ0) is 60.5. The van der Waals surface area contributed by atoms with Crippen LogP contribution in [0.5, 0.6) is 0 Å². The second-order valence-corrected chi connectivity index (χ2v) is 29.3. The maximum Gasteiger partial charge on any atom is 0.295 e. The van der Waals surface area contributed by atoms with Gasteiger partial charge in [-0.15, -0.1) is 0 Å². The molecule has 0 radical (unpaired) electrons. The van der Waals surface area contributed by atoms with Gasteiger partial charge in [-0.25, -0.2) is 0 Å². The van der Waals surface area contributed by atoms with E-state index in [2.05, 4.69) is 12.2 Å². The van der Waals surface area contributed by atoms with Gasteiger partial charge in [0.05, 0.1) is 26.7 Å². The molecule has 0 fully saturated rings. The fraction of sp³-hybridized carbons (Fsp3) is 0.491. The van der Waals surface area contributed by atoms with E-state index in [0.29, 0.717) is 102 Å². The van der Waals surface area contributed by atoms with Crippen molar-refractivity contribution in [3.05, 3.63) is 102 Å². The third-order valence-corrected chi connectivity index (χ3v) is 19.5. The summed E-state index contributed by atoms with van der Waals surface area (Å²) in [6.07, 6.45) is 19.3. The highest BCUT2D eigenvalue weighted by atomic mass is 32.2. The second-order valence-electron chi connectivity index (χ2n) is 21.9. The number of hydrogen-bond donors (Lipinski definition) is 6. The Labute approximate surface area is 482 Å². The molecule has 0 saturated carbocycles. The standard InChI is InChI=1S/C57H75N3O17S5/c1-5-6-7-17-33-58-53(62)25-16-9-8-12-21-42(61)22-13-11-18-34-59-48-31-29-45-47(39-44(81(72,73)74)40-50(45)82(75,76)77)54(48)56(2,3)51(59)23-14-10-15-24-52-57(4,32-19-36-78(63,64)65)55-46-38-43(80(69,70)71)28-26-41(46)27-30-49(55)60(52)35-20-37-79(66,67)68/h10,14-15,23-24,26-31,38-40H,5-9,11-13,16-22,25,32-37H2,1-4H3,(H5-,58,62,63,64,65,66,67,68,69,70,71,72,73,74,75,76,77)/p+1. The fourth-order valence-electron chi connectivity index (χ4n) is 11.4. The molecule has 0 aromatic heterocycles. The van der Waals surface area contributed by atoms with Crippen LogP contribution in [0.25, 0.3) is 21.5 Å². The molecule has 0 aliphatic carbocycles. The summed E-state index contributed by atoms with van der Waals surface area (Å²) in [5, 5.41) is 4.09. The Kier molecular flexibility index (Phi) is 21.9. The lowest BCUT2D eigenvalue weighted by Gasteiger charge is -2.31. The monoisotopic (exact) mass is 1230 g/mol. The predicted molar refractivity (Wildman–Crippen MR) is 316 cm³/mol. The van der Waals surface area contributed by atoms with Crippen LogP contribution in [0.2, 0.25) is 0 Å². The normalized spacial score (nSPS) is 17.3. The van der Waals surface area contributed by atoms with Crippen LogP contribution in [-0.4, -0.2) is 118 Å². The summed E-state index contributed by atoms with van der Waals surface area (Å²) in [5.41, 5.74) is 1.17. The van der Waals surface area contributed by atoms with Crippen molar-refractivity contribution in [2.75, 3.05) is 36.0 Å². The predicted octanol–water partition coefficient (Wildman–Crippen LogP) is 10.00. The molecule has 4 aromatic carbocycles. The first kappa shape index (κ1) is 65.9. The van der Waals surface area contributed by atoms with Crippen molar-refractivity contribution < 1.29 is 79.0 Å².